The quantitative estimate of drug-likeness (QED) is 0.873. The van der Waals surface area contributed by atoms with Crippen molar-refractivity contribution in [2.75, 3.05) is 6.61 Å². The second kappa shape index (κ2) is 4.63. The van der Waals surface area contributed by atoms with Crippen molar-refractivity contribution in [1.82, 2.24) is 4.98 Å². The Kier molecular flexibility index (Phi) is 3.12. The fourth-order valence-electron chi connectivity index (χ4n) is 3.40. The molecule has 3 heteroatoms. The van der Waals surface area contributed by atoms with Gasteiger partial charge in [0.2, 0.25) is 0 Å². The molecule has 18 heavy (non-hydrogen) atoms. The third-order valence-electron chi connectivity index (χ3n) is 4.73. The van der Waals surface area contributed by atoms with Crippen LogP contribution < -0.4 is 5.73 Å². The Balaban J connectivity index is 1.76. The van der Waals surface area contributed by atoms with Gasteiger partial charge >= 0.3 is 0 Å². The smallest absolute Gasteiger partial charge is 0.0686 e. The summed E-state index contributed by atoms with van der Waals surface area (Å²) in [6.45, 7) is 2.98. The minimum Gasteiger partial charge on any atom is -0.375 e. The van der Waals surface area contributed by atoms with Crippen molar-refractivity contribution in [3.05, 3.63) is 29.6 Å². The van der Waals surface area contributed by atoms with Crippen LogP contribution in [0.5, 0.6) is 0 Å². The van der Waals surface area contributed by atoms with Crippen LogP contribution in [0.4, 0.5) is 0 Å². The molecule has 2 heterocycles. The number of aryl methyl sites for hydroxylation is 1. The van der Waals surface area contributed by atoms with E-state index in [4.69, 9.17) is 10.5 Å². The van der Waals surface area contributed by atoms with Gasteiger partial charge in [-0.25, -0.2) is 0 Å². The lowest BCUT2D eigenvalue weighted by Gasteiger charge is -2.48. The largest absolute Gasteiger partial charge is 0.375 e. The van der Waals surface area contributed by atoms with Gasteiger partial charge in [-0.15, -0.1) is 0 Å². The average Bonchev–Trinajstić information content (AvgIpc) is 2.37. The highest BCUT2D eigenvalue weighted by Crippen LogP contribution is 2.46. The lowest BCUT2D eigenvalue weighted by molar-refractivity contribution is -0.146. The molecule has 0 bridgehead atoms. The number of hydrogen-bond acceptors (Lipinski definition) is 3. The maximum Gasteiger partial charge on any atom is 0.0686 e. The van der Waals surface area contributed by atoms with Crippen LogP contribution in [0.2, 0.25) is 0 Å². The normalized spacial score (nSPS) is 27.8. The number of aromatic nitrogens is 1. The molecule has 2 unspecified atom stereocenters. The van der Waals surface area contributed by atoms with Crippen LogP contribution >= 0.6 is 0 Å². The van der Waals surface area contributed by atoms with E-state index in [0.29, 0.717) is 5.92 Å². The Morgan fingerprint density at radius 1 is 1.50 bits per heavy atom. The molecule has 1 aromatic heterocycles. The molecule has 98 valence electrons. The highest BCUT2D eigenvalue weighted by molar-refractivity contribution is 5.26. The topological polar surface area (TPSA) is 48.1 Å². The molecule has 1 saturated carbocycles. The molecule has 2 aliphatic rings. The number of ether oxygens (including phenoxy) is 1. The minimum atomic E-state index is 0.134. The van der Waals surface area contributed by atoms with Crippen LogP contribution in [0, 0.1) is 12.8 Å². The maximum atomic E-state index is 6.49. The summed E-state index contributed by atoms with van der Waals surface area (Å²) in [5, 5.41) is 0. The van der Waals surface area contributed by atoms with Gasteiger partial charge in [-0.3, -0.25) is 4.98 Å². The van der Waals surface area contributed by atoms with Gasteiger partial charge in [-0.05, 0) is 62.1 Å². The predicted octanol–water partition coefficient (Wildman–Crippen LogP) is 2.74. The third-order valence-corrected chi connectivity index (χ3v) is 4.73. The number of hydrogen-bond donors (Lipinski definition) is 1. The van der Waals surface area contributed by atoms with Gasteiger partial charge in [0, 0.05) is 25.0 Å². The molecular formula is C15H22N2O. The molecule has 0 aromatic carbocycles. The van der Waals surface area contributed by atoms with Gasteiger partial charge in [-0.1, -0.05) is 0 Å². The number of rotatable bonds is 2. The molecular weight excluding hydrogens is 224 g/mol. The molecule has 3 rings (SSSR count). The minimum absolute atomic E-state index is 0.134. The summed E-state index contributed by atoms with van der Waals surface area (Å²) >= 11 is 0. The van der Waals surface area contributed by atoms with Crippen molar-refractivity contribution < 1.29 is 4.74 Å². The predicted molar refractivity (Wildman–Crippen MR) is 71.2 cm³/mol. The van der Waals surface area contributed by atoms with E-state index < -0.39 is 0 Å². The van der Waals surface area contributed by atoms with E-state index >= 15 is 0 Å². The molecule has 0 radical (unpaired) electrons. The van der Waals surface area contributed by atoms with Crippen molar-refractivity contribution in [1.29, 1.82) is 0 Å². The van der Waals surface area contributed by atoms with E-state index in [1.807, 2.05) is 12.4 Å². The van der Waals surface area contributed by atoms with Crippen molar-refractivity contribution in [3.63, 3.8) is 0 Å². The van der Waals surface area contributed by atoms with E-state index in [9.17, 15) is 0 Å². The Morgan fingerprint density at radius 2 is 2.33 bits per heavy atom. The van der Waals surface area contributed by atoms with E-state index in [2.05, 4.69) is 18.0 Å². The molecule has 3 nitrogen and oxygen atoms in total. The number of nitrogens with zero attached hydrogens (tertiary/aromatic N) is 1. The van der Waals surface area contributed by atoms with Crippen molar-refractivity contribution in [3.8, 4) is 0 Å². The first-order chi connectivity index (χ1) is 8.70. The molecule has 1 aliphatic carbocycles. The van der Waals surface area contributed by atoms with Crippen LogP contribution in [-0.2, 0) is 4.74 Å². The Labute approximate surface area is 109 Å². The second-order valence-electron chi connectivity index (χ2n) is 5.90. The zero-order valence-corrected chi connectivity index (χ0v) is 11.1. The average molecular weight is 246 g/mol. The Bertz CT molecular complexity index is 428. The zero-order valence-electron chi connectivity index (χ0n) is 11.1. The van der Waals surface area contributed by atoms with E-state index in [1.165, 1.54) is 30.4 Å². The van der Waals surface area contributed by atoms with Gasteiger partial charge in [-0.2, -0.15) is 0 Å². The van der Waals surface area contributed by atoms with Gasteiger partial charge in [0.15, 0.2) is 0 Å². The standard InChI is InChI=1S/C15H22N2O/c1-11-10-17-7-3-13(11)14(16)12-4-8-18-15(9-12)5-2-6-15/h3,7,10,12,14H,2,4-6,8-9,16H2,1H3. The van der Waals surface area contributed by atoms with Crippen LogP contribution in [0.1, 0.15) is 49.3 Å². The molecule has 1 saturated heterocycles. The SMILES string of the molecule is Cc1cnccc1C(N)C1CCOC2(CCC2)C1. The van der Waals surface area contributed by atoms with Crippen LogP contribution in [0.15, 0.2) is 18.5 Å². The summed E-state index contributed by atoms with van der Waals surface area (Å²) in [5.41, 5.74) is 9.13. The van der Waals surface area contributed by atoms with E-state index in [-0.39, 0.29) is 11.6 Å². The maximum absolute atomic E-state index is 6.49. The second-order valence-corrected chi connectivity index (χ2v) is 5.90. The first-order valence-corrected chi connectivity index (χ1v) is 7.00. The highest BCUT2D eigenvalue weighted by atomic mass is 16.5. The first-order valence-electron chi connectivity index (χ1n) is 7.00. The first kappa shape index (κ1) is 12.1. The fourth-order valence-corrected chi connectivity index (χ4v) is 3.40. The van der Waals surface area contributed by atoms with Gasteiger partial charge < -0.3 is 10.5 Å². The molecule has 0 amide bonds. The van der Waals surface area contributed by atoms with Gasteiger partial charge in [0.25, 0.3) is 0 Å². The Hall–Kier alpha value is -0.930. The van der Waals surface area contributed by atoms with Crippen LogP contribution in [-0.4, -0.2) is 17.2 Å². The lowest BCUT2D eigenvalue weighted by Crippen LogP contribution is -2.47. The molecule has 1 spiro atoms. The Morgan fingerprint density at radius 3 is 3.00 bits per heavy atom. The van der Waals surface area contributed by atoms with Gasteiger partial charge in [0.1, 0.15) is 0 Å². The van der Waals surface area contributed by atoms with Crippen molar-refractivity contribution >= 4 is 0 Å². The summed E-state index contributed by atoms with van der Waals surface area (Å²) in [4.78, 5) is 4.15. The van der Waals surface area contributed by atoms with Crippen molar-refractivity contribution in [2.24, 2.45) is 11.7 Å². The zero-order chi connectivity index (χ0) is 12.6. The van der Waals surface area contributed by atoms with Crippen LogP contribution in [0.25, 0.3) is 0 Å². The van der Waals surface area contributed by atoms with Crippen LogP contribution in [0.3, 0.4) is 0 Å². The van der Waals surface area contributed by atoms with Gasteiger partial charge in [0.05, 0.1) is 5.60 Å². The summed E-state index contributed by atoms with van der Waals surface area (Å²) in [5.74, 6) is 0.556. The molecule has 1 aromatic rings. The summed E-state index contributed by atoms with van der Waals surface area (Å²) in [6.07, 6.45) is 9.75. The third kappa shape index (κ3) is 2.06. The fraction of sp³-hybridized carbons (Fsp3) is 0.667. The summed E-state index contributed by atoms with van der Waals surface area (Å²) < 4.78 is 5.98. The summed E-state index contributed by atoms with van der Waals surface area (Å²) in [6, 6.07) is 2.21. The monoisotopic (exact) mass is 246 g/mol. The number of pyridine rings is 1. The number of nitrogens with two attached hydrogens (primary N) is 1. The molecule has 2 N–H and O–H groups in total. The van der Waals surface area contributed by atoms with Crippen molar-refractivity contribution in [2.45, 2.75) is 50.7 Å². The molecule has 2 fully saturated rings. The lowest BCUT2D eigenvalue weighted by atomic mass is 9.69. The molecule has 1 aliphatic heterocycles. The van der Waals surface area contributed by atoms with E-state index in [1.54, 1.807) is 0 Å². The summed E-state index contributed by atoms with van der Waals surface area (Å²) in [7, 11) is 0. The van der Waals surface area contributed by atoms with E-state index in [0.717, 1.165) is 19.4 Å². The highest BCUT2D eigenvalue weighted by Gasteiger charge is 2.44. The molecule has 2 atom stereocenters.